The smallest absolute Gasteiger partial charge is 0.338 e. The fourth-order valence-electron chi connectivity index (χ4n) is 2.95. The molecule has 1 heterocycles. The number of amides is 1. The van der Waals surface area contributed by atoms with Gasteiger partial charge in [-0.15, -0.1) is 0 Å². The molecule has 9 heteroatoms. The fraction of sp³-hybridized carbons (Fsp3) is 0.273. The zero-order valence-electron chi connectivity index (χ0n) is 17.1. The molecular formula is C22H24N2O6S. The Morgan fingerprint density at radius 3 is 2.32 bits per heavy atom. The van der Waals surface area contributed by atoms with Crippen molar-refractivity contribution >= 4 is 33.7 Å². The van der Waals surface area contributed by atoms with Gasteiger partial charge in [0.05, 0.1) is 30.3 Å². The Bertz CT molecular complexity index is 1040. The summed E-state index contributed by atoms with van der Waals surface area (Å²) in [6, 6.07) is 12.7. The number of sulfonamides is 1. The molecule has 8 nitrogen and oxygen atoms in total. The van der Waals surface area contributed by atoms with Crippen molar-refractivity contribution in [2.75, 3.05) is 38.2 Å². The molecule has 2 aromatic carbocycles. The van der Waals surface area contributed by atoms with Gasteiger partial charge in [-0.1, -0.05) is 12.1 Å². The summed E-state index contributed by atoms with van der Waals surface area (Å²) in [4.78, 5) is 24.0. The van der Waals surface area contributed by atoms with Crippen molar-refractivity contribution in [3.8, 4) is 0 Å². The molecule has 1 amide bonds. The quantitative estimate of drug-likeness (QED) is 0.520. The van der Waals surface area contributed by atoms with Crippen LogP contribution in [-0.2, 0) is 24.3 Å². The number of morpholine rings is 1. The number of carbonyl (C=O) groups excluding carboxylic acids is 2. The van der Waals surface area contributed by atoms with Gasteiger partial charge in [-0.2, -0.15) is 4.31 Å². The van der Waals surface area contributed by atoms with Crippen LogP contribution in [0, 0.1) is 0 Å². The van der Waals surface area contributed by atoms with Gasteiger partial charge in [0.25, 0.3) is 0 Å². The number of benzene rings is 2. The Morgan fingerprint density at radius 2 is 1.71 bits per heavy atom. The number of rotatable bonds is 7. The van der Waals surface area contributed by atoms with Gasteiger partial charge in [-0.3, -0.25) is 4.79 Å². The van der Waals surface area contributed by atoms with Gasteiger partial charge in [0.1, 0.15) is 0 Å². The van der Waals surface area contributed by atoms with Crippen molar-refractivity contribution in [3.63, 3.8) is 0 Å². The molecule has 2 aromatic rings. The molecule has 1 fully saturated rings. The molecule has 0 aromatic heterocycles. The first-order valence-electron chi connectivity index (χ1n) is 9.84. The lowest BCUT2D eigenvalue weighted by atomic mass is 10.2. The molecule has 0 aliphatic carbocycles. The molecular weight excluding hydrogens is 420 g/mol. The Hall–Kier alpha value is -3.01. The lowest BCUT2D eigenvalue weighted by molar-refractivity contribution is -0.111. The average molecular weight is 445 g/mol. The minimum atomic E-state index is -3.55. The predicted octanol–water partition coefficient (Wildman–Crippen LogP) is 2.54. The Balaban J connectivity index is 1.59. The summed E-state index contributed by atoms with van der Waals surface area (Å²) in [6.07, 6.45) is 2.94. The first-order chi connectivity index (χ1) is 14.9. The molecule has 0 saturated carbocycles. The number of nitrogens with one attached hydrogen (secondary N) is 1. The summed E-state index contributed by atoms with van der Waals surface area (Å²) in [6.45, 7) is 3.48. The van der Waals surface area contributed by atoms with Gasteiger partial charge in [0.15, 0.2) is 0 Å². The molecule has 0 atom stereocenters. The highest BCUT2D eigenvalue weighted by molar-refractivity contribution is 7.89. The maximum Gasteiger partial charge on any atom is 0.338 e. The van der Waals surface area contributed by atoms with Crippen LogP contribution in [0.15, 0.2) is 59.5 Å². The van der Waals surface area contributed by atoms with Crippen LogP contribution in [-0.4, -0.2) is 57.5 Å². The minimum absolute atomic E-state index is 0.206. The van der Waals surface area contributed by atoms with Crippen molar-refractivity contribution < 1.29 is 27.5 Å². The number of carbonyl (C=O) groups is 2. The molecule has 3 rings (SSSR count). The van der Waals surface area contributed by atoms with Crippen LogP contribution in [0.1, 0.15) is 22.8 Å². The molecule has 31 heavy (non-hydrogen) atoms. The van der Waals surface area contributed by atoms with Crippen molar-refractivity contribution in [2.45, 2.75) is 11.8 Å². The number of nitrogens with zero attached hydrogens (tertiary/aromatic N) is 1. The largest absolute Gasteiger partial charge is 0.462 e. The maximum absolute atomic E-state index is 12.6. The van der Waals surface area contributed by atoms with Crippen LogP contribution in [0.4, 0.5) is 5.69 Å². The van der Waals surface area contributed by atoms with Gasteiger partial charge < -0.3 is 14.8 Å². The van der Waals surface area contributed by atoms with Crippen molar-refractivity contribution in [1.29, 1.82) is 0 Å². The monoisotopic (exact) mass is 444 g/mol. The van der Waals surface area contributed by atoms with E-state index in [2.05, 4.69) is 5.32 Å². The average Bonchev–Trinajstić information content (AvgIpc) is 2.79. The van der Waals surface area contributed by atoms with E-state index in [1.807, 2.05) is 0 Å². The summed E-state index contributed by atoms with van der Waals surface area (Å²) in [7, 11) is -3.55. The van der Waals surface area contributed by atoms with Crippen LogP contribution in [0.3, 0.4) is 0 Å². The molecule has 1 aliphatic rings. The Labute approximate surface area is 181 Å². The Morgan fingerprint density at radius 1 is 1.06 bits per heavy atom. The highest BCUT2D eigenvalue weighted by Gasteiger charge is 2.25. The van der Waals surface area contributed by atoms with Gasteiger partial charge in [0, 0.05) is 24.9 Å². The highest BCUT2D eigenvalue weighted by atomic mass is 32.2. The van der Waals surface area contributed by atoms with Crippen LogP contribution in [0.25, 0.3) is 6.08 Å². The minimum Gasteiger partial charge on any atom is -0.462 e. The molecule has 1 saturated heterocycles. The number of ether oxygens (including phenoxy) is 2. The van der Waals surface area contributed by atoms with E-state index in [-0.39, 0.29) is 10.8 Å². The van der Waals surface area contributed by atoms with E-state index in [9.17, 15) is 18.0 Å². The molecule has 1 aliphatic heterocycles. The molecule has 164 valence electrons. The summed E-state index contributed by atoms with van der Waals surface area (Å²) >= 11 is 0. The molecule has 0 radical (unpaired) electrons. The van der Waals surface area contributed by atoms with Crippen LogP contribution in [0.2, 0.25) is 0 Å². The summed E-state index contributed by atoms with van der Waals surface area (Å²) < 4.78 is 36.8. The molecule has 0 unspecified atom stereocenters. The van der Waals surface area contributed by atoms with Crippen molar-refractivity contribution in [3.05, 3.63) is 65.7 Å². The second kappa shape index (κ2) is 10.3. The number of hydrogen-bond acceptors (Lipinski definition) is 6. The zero-order chi connectivity index (χ0) is 22.3. The molecule has 0 bridgehead atoms. The zero-order valence-corrected chi connectivity index (χ0v) is 17.9. The van der Waals surface area contributed by atoms with Gasteiger partial charge in [-0.25, -0.2) is 13.2 Å². The lowest BCUT2D eigenvalue weighted by Gasteiger charge is -2.26. The highest BCUT2D eigenvalue weighted by Crippen LogP contribution is 2.18. The van der Waals surface area contributed by atoms with Crippen LogP contribution >= 0.6 is 0 Å². The standard InChI is InChI=1S/C22H24N2O6S/c1-2-30-22(26)18-6-8-19(9-7-18)23-21(25)12-5-17-3-10-20(11-4-17)31(27,28)24-13-15-29-16-14-24/h3-12H,2,13-16H2,1H3,(H,23,25)/b12-5-. The third kappa shape index (κ3) is 6.00. The lowest BCUT2D eigenvalue weighted by Crippen LogP contribution is -2.40. The topological polar surface area (TPSA) is 102 Å². The van der Waals surface area contributed by atoms with Gasteiger partial charge in [0.2, 0.25) is 15.9 Å². The van der Waals surface area contributed by atoms with E-state index in [1.54, 1.807) is 49.4 Å². The van der Waals surface area contributed by atoms with Crippen LogP contribution in [0.5, 0.6) is 0 Å². The predicted molar refractivity (Wildman–Crippen MR) is 116 cm³/mol. The van der Waals surface area contributed by atoms with E-state index in [4.69, 9.17) is 9.47 Å². The van der Waals surface area contributed by atoms with Crippen molar-refractivity contribution in [2.24, 2.45) is 0 Å². The molecule has 0 spiro atoms. The number of hydrogen-bond donors (Lipinski definition) is 1. The summed E-state index contributed by atoms with van der Waals surface area (Å²) in [5, 5.41) is 2.70. The second-order valence-corrected chi connectivity index (χ2v) is 8.64. The third-order valence-electron chi connectivity index (χ3n) is 4.58. The molecule has 1 N–H and O–H groups in total. The van der Waals surface area contributed by atoms with Gasteiger partial charge >= 0.3 is 5.97 Å². The van der Waals surface area contributed by atoms with E-state index in [1.165, 1.54) is 22.5 Å². The summed E-state index contributed by atoms with van der Waals surface area (Å²) in [5.74, 6) is -0.770. The maximum atomic E-state index is 12.6. The fourth-order valence-corrected chi connectivity index (χ4v) is 4.35. The van der Waals surface area contributed by atoms with E-state index in [0.29, 0.717) is 49.7 Å². The van der Waals surface area contributed by atoms with E-state index >= 15 is 0 Å². The first kappa shape index (κ1) is 22.7. The Kier molecular flexibility index (Phi) is 7.56. The summed E-state index contributed by atoms with van der Waals surface area (Å²) in [5.41, 5.74) is 1.63. The van der Waals surface area contributed by atoms with Crippen LogP contribution < -0.4 is 5.32 Å². The third-order valence-corrected chi connectivity index (χ3v) is 6.49. The van der Waals surface area contributed by atoms with E-state index in [0.717, 1.165) is 0 Å². The SMILES string of the molecule is CCOC(=O)c1ccc(NC(=O)/C=C\c2ccc(S(=O)(=O)N3CCOCC3)cc2)cc1. The van der Waals surface area contributed by atoms with E-state index < -0.39 is 16.0 Å². The van der Waals surface area contributed by atoms with Crippen molar-refractivity contribution in [1.82, 2.24) is 4.31 Å². The normalized spacial score (nSPS) is 15.0. The number of anilines is 1. The second-order valence-electron chi connectivity index (χ2n) is 6.71. The number of esters is 1. The van der Waals surface area contributed by atoms with Gasteiger partial charge in [-0.05, 0) is 55.0 Å². The first-order valence-corrected chi connectivity index (χ1v) is 11.3.